The molecule has 1 aliphatic rings. The minimum absolute atomic E-state index is 0.0444. The smallest absolute Gasteiger partial charge is 0.117 e. The highest BCUT2D eigenvalue weighted by atomic mass is 16.5. The molecule has 5 nitrogen and oxygen atoms in total. The van der Waals surface area contributed by atoms with Gasteiger partial charge in [-0.3, -0.25) is 0 Å². The van der Waals surface area contributed by atoms with Crippen LogP contribution in [0, 0.1) is 5.41 Å². The number of hydrogen-bond donors (Lipinski definition) is 4. The summed E-state index contributed by atoms with van der Waals surface area (Å²) in [5, 5.41) is 39.6. The molecule has 0 aromatic carbocycles. The number of aliphatic hydroxyl groups is 4. The number of hydrogen-bond acceptors (Lipinski definition) is 5. The molecule has 0 bridgehead atoms. The van der Waals surface area contributed by atoms with E-state index in [2.05, 4.69) is 0 Å². The van der Waals surface area contributed by atoms with Crippen LogP contribution < -0.4 is 0 Å². The molecule has 4 N–H and O–H groups in total. The summed E-state index contributed by atoms with van der Waals surface area (Å²) in [6, 6.07) is 0. The van der Waals surface area contributed by atoms with Crippen LogP contribution in [0.15, 0.2) is 0 Å². The first-order valence-electron chi connectivity index (χ1n) is 5.38. The summed E-state index contributed by atoms with van der Waals surface area (Å²) in [6.07, 6.45) is 0. The molecule has 1 saturated heterocycles. The molecule has 1 rings (SSSR count). The van der Waals surface area contributed by atoms with Crippen LogP contribution in [-0.4, -0.2) is 57.0 Å². The summed E-state index contributed by atoms with van der Waals surface area (Å²) in [5.74, 6) is 0. The van der Waals surface area contributed by atoms with E-state index in [1.807, 2.05) is 0 Å². The molecule has 0 aromatic rings. The maximum atomic E-state index is 10.5. The number of ether oxygens (including phenoxy) is 1. The van der Waals surface area contributed by atoms with Gasteiger partial charge < -0.3 is 25.2 Å². The Labute approximate surface area is 95.7 Å². The van der Waals surface area contributed by atoms with Crippen molar-refractivity contribution in [2.75, 3.05) is 19.8 Å². The first kappa shape index (κ1) is 13.9. The van der Waals surface area contributed by atoms with E-state index in [1.54, 1.807) is 13.8 Å². The molecule has 0 aliphatic carbocycles. The summed E-state index contributed by atoms with van der Waals surface area (Å²) in [5.41, 5.74) is -5.28. The fourth-order valence-electron chi connectivity index (χ4n) is 2.23. The SMILES string of the molecule is CC1(O)COC(C)(CO)C(C)(O)C1(C)CO. The third-order valence-corrected chi connectivity index (χ3v) is 4.58. The van der Waals surface area contributed by atoms with E-state index in [1.165, 1.54) is 13.8 Å². The maximum Gasteiger partial charge on any atom is 0.117 e. The van der Waals surface area contributed by atoms with E-state index in [0.717, 1.165) is 0 Å². The van der Waals surface area contributed by atoms with Crippen LogP contribution in [0.4, 0.5) is 0 Å². The average molecular weight is 234 g/mol. The van der Waals surface area contributed by atoms with E-state index in [4.69, 9.17) is 4.74 Å². The maximum absolute atomic E-state index is 10.5. The van der Waals surface area contributed by atoms with E-state index in [-0.39, 0.29) is 13.2 Å². The van der Waals surface area contributed by atoms with Gasteiger partial charge in [0.05, 0.1) is 30.8 Å². The van der Waals surface area contributed by atoms with Crippen molar-refractivity contribution in [3.05, 3.63) is 0 Å². The Morgan fingerprint density at radius 1 is 1.00 bits per heavy atom. The summed E-state index contributed by atoms with van der Waals surface area (Å²) in [4.78, 5) is 0. The highest BCUT2D eigenvalue weighted by Gasteiger charge is 2.66. The largest absolute Gasteiger partial charge is 0.396 e. The molecule has 1 fully saturated rings. The van der Waals surface area contributed by atoms with Crippen molar-refractivity contribution in [3.8, 4) is 0 Å². The second kappa shape index (κ2) is 3.65. The predicted octanol–water partition coefficient (Wildman–Crippen LogP) is -0.732. The van der Waals surface area contributed by atoms with E-state index in [9.17, 15) is 20.4 Å². The molecule has 0 aromatic heterocycles. The number of aliphatic hydroxyl groups excluding tert-OH is 2. The summed E-state index contributed by atoms with van der Waals surface area (Å²) >= 11 is 0. The summed E-state index contributed by atoms with van der Waals surface area (Å²) in [7, 11) is 0. The molecule has 0 saturated carbocycles. The van der Waals surface area contributed by atoms with Gasteiger partial charge in [-0.1, -0.05) is 6.92 Å². The molecular weight excluding hydrogens is 212 g/mol. The molecule has 4 unspecified atom stereocenters. The lowest BCUT2D eigenvalue weighted by molar-refractivity contribution is -0.335. The van der Waals surface area contributed by atoms with Crippen LogP contribution in [0.3, 0.4) is 0 Å². The molecule has 1 aliphatic heterocycles. The Morgan fingerprint density at radius 2 is 1.50 bits per heavy atom. The summed E-state index contributed by atoms with van der Waals surface area (Å²) < 4.78 is 5.38. The number of rotatable bonds is 2. The van der Waals surface area contributed by atoms with Crippen molar-refractivity contribution in [2.45, 2.75) is 44.5 Å². The third-order valence-electron chi connectivity index (χ3n) is 4.58. The van der Waals surface area contributed by atoms with Crippen molar-refractivity contribution in [3.63, 3.8) is 0 Å². The van der Waals surface area contributed by atoms with Crippen LogP contribution >= 0.6 is 0 Å². The zero-order valence-electron chi connectivity index (χ0n) is 10.3. The minimum atomic E-state index is -1.55. The van der Waals surface area contributed by atoms with Crippen molar-refractivity contribution >= 4 is 0 Å². The second-order valence-electron chi connectivity index (χ2n) is 5.51. The van der Waals surface area contributed by atoms with Crippen LogP contribution in [-0.2, 0) is 4.74 Å². The van der Waals surface area contributed by atoms with Crippen molar-refractivity contribution in [2.24, 2.45) is 5.41 Å². The Hall–Kier alpha value is -0.200. The van der Waals surface area contributed by atoms with Gasteiger partial charge in [-0.2, -0.15) is 0 Å². The van der Waals surface area contributed by atoms with E-state index >= 15 is 0 Å². The zero-order chi connectivity index (χ0) is 12.8. The monoisotopic (exact) mass is 234 g/mol. The van der Waals surface area contributed by atoms with Gasteiger partial charge in [-0.25, -0.2) is 0 Å². The Morgan fingerprint density at radius 3 is 1.88 bits per heavy atom. The molecule has 96 valence electrons. The van der Waals surface area contributed by atoms with Gasteiger partial charge in [-0.05, 0) is 20.8 Å². The standard InChI is InChI=1S/C11H22O5/c1-8(5-12)9(2,14)7-16-10(3,6-13)11(8,4)15/h12-15H,5-7H2,1-4H3. The lowest BCUT2D eigenvalue weighted by Crippen LogP contribution is -2.75. The minimum Gasteiger partial charge on any atom is -0.396 e. The van der Waals surface area contributed by atoms with Crippen LogP contribution in [0.25, 0.3) is 0 Å². The van der Waals surface area contributed by atoms with Gasteiger partial charge in [0.1, 0.15) is 11.2 Å². The fraction of sp³-hybridized carbons (Fsp3) is 1.00. The first-order chi connectivity index (χ1) is 7.08. The fourth-order valence-corrected chi connectivity index (χ4v) is 2.23. The second-order valence-corrected chi connectivity index (χ2v) is 5.51. The van der Waals surface area contributed by atoms with Crippen LogP contribution in [0.1, 0.15) is 27.7 Å². The van der Waals surface area contributed by atoms with E-state index in [0.29, 0.717) is 0 Å². The molecule has 16 heavy (non-hydrogen) atoms. The topological polar surface area (TPSA) is 90.2 Å². The Kier molecular flexibility index (Phi) is 3.16. The van der Waals surface area contributed by atoms with Gasteiger partial charge in [0, 0.05) is 0 Å². The van der Waals surface area contributed by atoms with Gasteiger partial charge in [0.2, 0.25) is 0 Å². The molecule has 1 heterocycles. The van der Waals surface area contributed by atoms with E-state index < -0.39 is 28.8 Å². The quantitative estimate of drug-likeness (QED) is 0.506. The van der Waals surface area contributed by atoms with Gasteiger partial charge in [0.15, 0.2) is 0 Å². The van der Waals surface area contributed by atoms with Gasteiger partial charge in [-0.15, -0.1) is 0 Å². The lowest BCUT2D eigenvalue weighted by atomic mass is 9.57. The van der Waals surface area contributed by atoms with Crippen LogP contribution in [0.2, 0.25) is 0 Å². The molecule has 0 amide bonds. The average Bonchev–Trinajstić information content (AvgIpc) is 2.22. The van der Waals surface area contributed by atoms with Crippen molar-refractivity contribution in [1.82, 2.24) is 0 Å². The van der Waals surface area contributed by atoms with Crippen molar-refractivity contribution < 1.29 is 25.2 Å². The Balaban J connectivity index is 3.28. The molecule has 4 atom stereocenters. The Bertz CT molecular complexity index is 276. The van der Waals surface area contributed by atoms with Crippen molar-refractivity contribution in [1.29, 1.82) is 0 Å². The van der Waals surface area contributed by atoms with Crippen LogP contribution in [0.5, 0.6) is 0 Å². The predicted molar refractivity (Wildman–Crippen MR) is 57.9 cm³/mol. The zero-order valence-corrected chi connectivity index (χ0v) is 10.3. The highest BCUT2D eigenvalue weighted by molar-refractivity contribution is 5.15. The van der Waals surface area contributed by atoms with Gasteiger partial charge >= 0.3 is 0 Å². The molecule has 5 heteroatoms. The first-order valence-corrected chi connectivity index (χ1v) is 5.38. The normalized spacial score (nSPS) is 54.0. The third kappa shape index (κ3) is 1.43. The highest BCUT2D eigenvalue weighted by Crippen LogP contribution is 2.51. The summed E-state index contributed by atoms with van der Waals surface area (Å²) in [6.45, 7) is 5.30. The van der Waals surface area contributed by atoms with Gasteiger partial charge in [0.25, 0.3) is 0 Å². The molecule has 0 spiro atoms. The lowest BCUT2D eigenvalue weighted by Gasteiger charge is -2.61. The molecular formula is C11H22O5. The molecule has 0 radical (unpaired) electrons.